The second-order valence-corrected chi connectivity index (χ2v) is 33.8. The van der Waals surface area contributed by atoms with E-state index >= 15 is 0 Å². The Morgan fingerprint density at radius 2 is 1.50 bits per heavy atom. The fourth-order valence-corrected chi connectivity index (χ4v) is 16.5. The van der Waals surface area contributed by atoms with Gasteiger partial charge in [0.2, 0.25) is 29.6 Å². The molecule has 120 heavy (non-hydrogen) atoms. The van der Waals surface area contributed by atoms with Crippen LogP contribution in [0.4, 0.5) is 16.4 Å². The van der Waals surface area contributed by atoms with Gasteiger partial charge in [0.15, 0.2) is 34.5 Å². The van der Waals surface area contributed by atoms with Gasteiger partial charge >= 0.3 is 24.0 Å². The van der Waals surface area contributed by atoms with Crippen molar-refractivity contribution in [2.45, 2.75) is 193 Å². The quantitative estimate of drug-likeness (QED) is 0.00589. The minimum Gasteiger partial charge on any atom is -0.508 e. The van der Waals surface area contributed by atoms with Crippen LogP contribution in [0, 0.1) is 40.9 Å². The average molecular weight is 1730 g/mol. The number of carbonyl (C=O) groups excluding carboxylic acids is 10. The van der Waals surface area contributed by atoms with Crippen LogP contribution in [0.15, 0.2) is 64.9 Å². The third-order valence-electron chi connectivity index (χ3n) is 20.6. The molecule has 0 bridgehead atoms. The molecule has 656 valence electrons. The van der Waals surface area contributed by atoms with Crippen molar-refractivity contribution in [2.24, 2.45) is 41.2 Å². The zero-order valence-corrected chi connectivity index (χ0v) is 71.2. The normalized spacial score (nSPS) is 15.6. The van der Waals surface area contributed by atoms with E-state index in [-0.39, 0.29) is 146 Å². The number of likely N-dealkylation sites (tertiary alicyclic amines) is 1. The number of aliphatic carboxylic acids is 3. The fourth-order valence-electron chi connectivity index (χ4n) is 13.5. The molecule has 3 aromatic heterocycles. The summed E-state index contributed by atoms with van der Waals surface area (Å²) in [5, 5.41) is 65.6. The van der Waals surface area contributed by atoms with Gasteiger partial charge in [-0.2, -0.15) is 4.98 Å². The Balaban J connectivity index is 0.951. The number of benzene rings is 2. The minimum atomic E-state index is -1.78. The lowest BCUT2D eigenvalue weighted by Crippen LogP contribution is -2.50. The van der Waals surface area contributed by atoms with E-state index in [0.29, 0.717) is 29.2 Å². The van der Waals surface area contributed by atoms with E-state index in [1.807, 2.05) is 41.7 Å². The number of nitrogens with one attached hydrogen (secondary N) is 10. The van der Waals surface area contributed by atoms with Crippen LogP contribution in [0.1, 0.15) is 181 Å². The highest BCUT2D eigenvalue weighted by Gasteiger charge is 2.40. The molecular formula is C79H112N18O20S3. The topological polar surface area (TPSA) is 584 Å². The number of rotatable bonds is 51. The second-order valence-electron chi connectivity index (χ2n) is 30.3. The van der Waals surface area contributed by atoms with Crippen LogP contribution < -0.4 is 59.8 Å². The Labute approximate surface area is 706 Å². The largest absolute Gasteiger partial charge is 0.508 e. The molecule has 1 aliphatic heterocycles. The standard InChI is InChI=1S/C79H112N18O20S3/c1-10-43(4)55(35-63(101)59-15-11-12-27-96(59)8)74(110)97(41-116-9)60(42(2)3)31-45(6)73-91-58(40-118-73)71(108)88-52(32-47-16-22-54(98)23-17-47)30-44(5)68(105)94-95-79(115)117-28-29-119-120-39-50(75(111)112)34-62(100)57(36-65(103)104)90-70(107)49(14-13-26-83-77(80)81)33-61(99)46(7)86-64(102)25-24-56(76(113)114)89-69(106)48-18-20-51(21-19-48)84-37-53-38-85-67-66(87-53)72(109)93-78(82)92-67/h16-23,38,40,42-46,49-50,52,55-57,59-60,84,98H,10-15,24-37,39,41H2,1-9H3,(H,86,102)(H,88,108)(H,89,106)(H,90,107)(H,94,105)(H,95,115)(H,103,104)(H,111,112)(H,113,114)(H4,80,81,83)(H3,82,85,92,93,109)/t43?,44-,45+,46-,49+,50-,52+,55-,56-,57-,59+,60+/m0/s1. The van der Waals surface area contributed by atoms with Gasteiger partial charge in [0.25, 0.3) is 17.4 Å². The lowest BCUT2D eigenvalue weighted by Gasteiger charge is -2.39. The van der Waals surface area contributed by atoms with Gasteiger partial charge in [0.05, 0.1) is 53.9 Å². The van der Waals surface area contributed by atoms with Crippen LogP contribution >= 0.6 is 32.9 Å². The molecule has 0 radical (unpaired) electrons. The number of amides is 7. The number of nitrogen functional groups attached to an aromatic ring is 1. The molecule has 0 aliphatic carbocycles. The number of carbonyl (C=O) groups is 13. The highest BCUT2D eigenvalue weighted by atomic mass is 33.1. The molecule has 5 aromatic rings. The van der Waals surface area contributed by atoms with Gasteiger partial charge < -0.3 is 78.2 Å². The van der Waals surface area contributed by atoms with Crippen molar-refractivity contribution in [3.63, 3.8) is 0 Å². The number of aromatic nitrogens is 5. The molecule has 1 unspecified atom stereocenters. The minimum absolute atomic E-state index is 0.0209. The van der Waals surface area contributed by atoms with Gasteiger partial charge in [0, 0.05) is 103 Å². The molecule has 2 aromatic carbocycles. The molecule has 6 rings (SSSR count). The predicted molar refractivity (Wildman–Crippen MR) is 449 cm³/mol. The van der Waals surface area contributed by atoms with E-state index in [1.165, 1.54) is 68.0 Å². The molecule has 1 saturated heterocycles. The average Bonchev–Trinajstić information content (AvgIpc) is 1.72. The summed E-state index contributed by atoms with van der Waals surface area (Å²) in [7, 11) is 5.54. The van der Waals surface area contributed by atoms with Gasteiger partial charge in [-0.3, -0.25) is 78.3 Å². The summed E-state index contributed by atoms with van der Waals surface area (Å²) in [6, 6.07) is 6.39. The van der Waals surface area contributed by atoms with E-state index in [2.05, 4.69) is 67.6 Å². The van der Waals surface area contributed by atoms with Crippen LogP contribution in [0.25, 0.3) is 11.2 Å². The number of nitrogens with two attached hydrogens (primary N) is 2. The van der Waals surface area contributed by atoms with Crippen molar-refractivity contribution in [2.75, 3.05) is 63.1 Å². The molecular weight excluding hydrogens is 1620 g/mol. The number of guanidine groups is 1. The summed E-state index contributed by atoms with van der Waals surface area (Å²) in [5.74, 6) is -14.9. The number of carboxylic acids is 3. The van der Waals surface area contributed by atoms with Crippen LogP contribution in [-0.2, 0) is 70.4 Å². The summed E-state index contributed by atoms with van der Waals surface area (Å²) in [4.78, 5) is 209. The highest BCUT2D eigenvalue weighted by molar-refractivity contribution is 8.76. The number of Topliss-reactive ketones (excluding diaryl/α,β-unsaturated/α-hetero) is 3. The van der Waals surface area contributed by atoms with E-state index in [4.69, 9.17) is 31.3 Å². The summed E-state index contributed by atoms with van der Waals surface area (Å²) in [6.45, 7) is 13.7. The van der Waals surface area contributed by atoms with Crippen molar-refractivity contribution >= 4 is 138 Å². The number of nitrogens with zero attached hydrogens (tertiary/aromatic N) is 6. The van der Waals surface area contributed by atoms with Crippen LogP contribution in [0.5, 0.6) is 5.75 Å². The number of carboxylic acid groups (broad SMARTS) is 3. The maximum Gasteiger partial charge on any atom is 0.426 e. The summed E-state index contributed by atoms with van der Waals surface area (Å²) in [6.07, 6.45) is 1.51. The van der Waals surface area contributed by atoms with Crippen LogP contribution in [0.3, 0.4) is 0 Å². The van der Waals surface area contributed by atoms with Crippen molar-refractivity contribution in [1.82, 2.24) is 72.2 Å². The number of ketones is 3. The van der Waals surface area contributed by atoms with Gasteiger partial charge in [-0.1, -0.05) is 88.1 Å². The van der Waals surface area contributed by atoms with Crippen molar-refractivity contribution in [3.05, 3.63) is 98.0 Å². The van der Waals surface area contributed by atoms with E-state index < -0.39 is 157 Å². The first kappa shape index (κ1) is 97.9. The number of aromatic amines is 1. The van der Waals surface area contributed by atoms with Gasteiger partial charge in [-0.05, 0) is 126 Å². The molecule has 38 nitrogen and oxygen atoms in total. The summed E-state index contributed by atoms with van der Waals surface area (Å²) >= 11 is 1.30. The van der Waals surface area contributed by atoms with Crippen molar-refractivity contribution < 1.29 is 92.2 Å². The predicted octanol–water partition coefficient (Wildman–Crippen LogP) is 5.26. The third-order valence-corrected chi connectivity index (χ3v) is 24.1. The zero-order valence-electron chi connectivity index (χ0n) is 68.7. The molecule has 18 N–H and O–H groups in total. The first-order chi connectivity index (χ1) is 56.9. The Kier molecular flexibility index (Phi) is 40.0. The Morgan fingerprint density at radius 3 is 2.15 bits per heavy atom. The molecule has 4 heterocycles. The SMILES string of the molecule is CCC(C)[C@H](CC(=O)[C@H]1CCCCN1C)C(=O)N(COC)[C@H](C[C@@H](C)c1nc(C(=O)N[C@@H](Cc2ccc(O)cc2)C[C@H](C)C(=O)NNC(=O)OCCSSC[C@H](CC(=O)[C@H](CC(=O)O)NC(=O)[C@H](CCCNC(=N)N)CC(=O)[C@H](C)NC(=O)CC[C@H](NC(=O)c2ccc(NCc3cnc4nc(N)[nH]c(=O)c4n3)cc2)C(=O)O)C(=O)O)cs1)C(C)C. The smallest absolute Gasteiger partial charge is 0.426 e. The highest BCUT2D eigenvalue weighted by Crippen LogP contribution is 2.34. The number of anilines is 2. The first-order valence-corrected chi connectivity index (χ1v) is 42.9. The molecule has 7 amide bonds. The van der Waals surface area contributed by atoms with E-state index in [0.717, 1.165) is 53.0 Å². The molecule has 0 spiro atoms. The molecule has 0 saturated carbocycles. The number of phenols is 1. The number of aromatic hydroxyl groups is 1. The zero-order chi connectivity index (χ0) is 88.4. The number of thiazole rings is 1. The number of hydrazine groups is 1. The number of phenolic OH excluding ortho intramolecular Hbond substituents is 1. The third kappa shape index (κ3) is 32.0. The van der Waals surface area contributed by atoms with Crippen LogP contribution in [-0.4, -0.2) is 226 Å². The van der Waals surface area contributed by atoms with Gasteiger partial charge in [0.1, 0.15) is 30.8 Å². The Bertz CT molecular complexity index is 4420. The molecule has 41 heteroatoms. The maximum atomic E-state index is 14.7. The number of ether oxygens (including phenoxy) is 2. The lowest BCUT2D eigenvalue weighted by molar-refractivity contribution is -0.149. The number of piperidine rings is 1. The first-order valence-electron chi connectivity index (χ1n) is 39.6. The number of methoxy groups -OCH3 is 1. The van der Waals surface area contributed by atoms with Crippen LogP contribution in [0.2, 0.25) is 0 Å². The lowest BCUT2D eigenvalue weighted by atomic mass is 9.82. The Morgan fingerprint density at radius 1 is 0.792 bits per heavy atom. The number of likely N-dealkylation sites (N-methyl/N-ethyl adjacent to an activating group) is 1. The van der Waals surface area contributed by atoms with Gasteiger partial charge in [-0.15, -0.1) is 11.3 Å². The number of hydrogen-bond donors (Lipinski definition) is 16. The number of fused-ring (bicyclic) bond motifs is 1. The number of H-pyrrole nitrogens is 1. The monoisotopic (exact) mass is 1730 g/mol. The van der Waals surface area contributed by atoms with E-state index in [1.54, 1.807) is 29.3 Å². The summed E-state index contributed by atoms with van der Waals surface area (Å²) < 4.78 is 10.9. The Hall–Kier alpha value is -10.9. The summed E-state index contributed by atoms with van der Waals surface area (Å²) in [5.41, 5.74) is 16.8. The second kappa shape index (κ2) is 49.0. The van der Waals surface area contributed by atoms with E-state index in [9.17, 15) is 87.5 Å². The maximum absolute atomic E-state index is 14.7. The van der Waals surface area contributed by atoms with Crippen molar-refractivity contribution in [1.29, 1.82) is 5.41 Å². The molecule has 1 aliphatic rings. The molecule has 1 fully saturated rings. The fraction of sp³-hybridized carbons (Fsp3) is 0.557. The molecule has 12 atom stereocenters. The van der Waals surface area contributed by atoms with Crippen molar-refractivity contribution in [3.8, 4) is 5.75 Å². The number of hydrogen-bond acceptors (Lipinski definition) is 28. The van der Waals surface area contributed by atoms with Gasteiger partial charge in [-0.25, -0.2) is 30.0 Å².